The molecule has 6 heterocycles. The highest BCUT2D eigenvalue weighted by atomic mass is 32.2. The number of anilines is 4. The predicted octanol–water partition coefficient (Wildman–Crippen LogP) is 3.61. The van der Waals surface area contributed by atoms with Crippen molar-refractivity contribution in [2.24, 2.45) is 0 Å². The molecule has 2 fully saturated rings. The largest absolute Gasteiger partial charge is 0.472 e. The number of fused-ring (bicyclic) bond motifs is 8. The number of nitrogens with two attached hydrogens (primary N) is 1. The van der Waals surface area contributed by atoms with Crippen molar-refractivity contribution in [3.8, 4) is 11.5 Å². The van der Waals surface area contributed by atoms with E-state index in [9.17, 15) is 24.2 Å². The summed E-state index contributed by atoms with van der Waals surface area (Å²) >= 11 is 1.00. The first-order valence-corrected chi connectivity index (χ1v) is 19.8. The van der Waals surface area contributed by atoms with Gasteiger partial charge in [-0.3, -0.25) is 18.4 Å². The molecule has 1 amide bonds. The van der Waals surface area contributed by atoms with E-state index < -0.39 is 49.8 Å². The number of imidazole rings is 1. The van der Waals surface area contributed by atoms with Crippen molar-refractivity contribution >= 4 is 65.5 Å². The van der Waals surface area contributed by atoms with Crippen molar-refractivity contribution in [3.63, 3.8) is 0 Å². The highest BCUT2D eigenvalue weighted by molar-refractivity contribution is 7.99. The topological polar surface area (TPSA) is 226 Å². The molecule has 4 aliphatic heterocycles. The molecule has 0 radical (unpaired) electrons. The number of amides is 1. The Hall–Kier alpha value is -5.27. The zero-order valence-electron chi connectivity index (χ0n) is 30.3. The van der Waals surface area contributed by atoms with E-state index in [2.05, 4.69) is 20.3 Å². The second-order valence-electron chi connectivity index (χ2n) is 14.0. The number of hydrogen-bond acceptors (Lipinski definition) is 16. The minimum absolute atomic E-state index is 0.0539. The second kappa shape index (κ2) is 13.2. The summed E-state index contributed by atoms with van der Waals surface area (Å²) in [7, 11) is 3.34. The van der Waals surface area contributed by atoms with Gasteiger partial charge in [0.25, 0.3) is 0 Å². The van der Waals surface area contributed by atoms with Crippen molar-refractivity contribution in [2.75, 3.05) is 61.4 Å². The standard InChI is InChI=1S/C36H35N8O10PS/c1-42(2)18-6-9-22-24(12-18)51-25-13-19(43(3)4)7-10-23(25)36(22)21-8-5-17(11-20(21)34(47)53-36)40-27(45)15-56-35-41-28-31(37)38-16-39-32(28)44(35)33-29(46)30-26(52-33)14-50-55(48,49)54-30/h5-13,16,26,29-30,33,46H,14-15H2,1-4H3,(H,40,45)(H,48,49)(H2,37,38,39)/t26-,29-,30-,33-/m1/s1. The number of benzene rings is 3. The summed E-state index contributed by atoms with van der Waals surface area (Å²) in [6.07, 6.45) is -3.45. The summed E-state index contributed by atoms with van der Waals surface area (Å²) in [6.45, 7) is -0.294. The van der Waals surface area contributed by atoms with E-state index in [0.717, 1.165) is 23.1 Å². The van der Waals surface area contributed by atoms with Gasteiger partial charge in [0.05, 0.1) is 17.9 Å². The van der Waals surface area contributed by atoms with Crippen molar-refractivity contribution in [2.45, 2.75) is 35.3 Å². The van der Waals surface area contributed by atoms with Gasteiger partial charge in [-0.05, 0) is 36.4 Å². The lowest BCUT2D eigenvalue weighted by molar-refractivity contribution is -0.113. The second-order valence-corrected chi connectivity index (χ2v) is 16.4. The molecule has 0 saturated carbocycles. The number of phosphoric acid groups is 1. The third-order valence-electron chi connectivity index (χ3n) is 10.1. The summed E-state index contributed by atoms with van der Waals surface area (Å²) in [4.78, 5) is 53.9. The Labute approximate surface area is 323 Å². The van der Waals surface area contributed by atoms with Crippen LogP contribution in [-0.4, -0.2) is 100 Å². The monoisotopic (exact) mass is 802 g/mol. The average molecular weight is 803 g/mol. The molecule has 0 aliphatic carbocycles. The van der Waals surface area contributed by atoms with Crippen molar-refractivity contribution in [1.29, 1.82) is 0 Å². The van der Waals surface area contributed by atoms with Gasteiger partial charge < -0.3 is 45.1 Å². The summed E-state index contributed by atoms with van der Waals surface area (Å²) in [5.74, 6) is -0.0220. The third-order valence-corrected chi connectivity index (χ3v) is 12.1. The van der Waals surface area contributed by atoms with Crippen LogP contribution in [0.2, 0.25) is 0 Å². The zero-order valence-corrected chi connectivity index (χ0v) is 32.0. The van der Waals surface area contributed by atoms with E-state index in [4.69, 9.17) is 29.0 Å². The normalized spacial score (nSPS) is 24.1. The molecule has 5 aromatic rings. The Balaban J connectivity index is 1.00. The first-order valence-electron chi connectivity index (χ1n) is 17.3. The molecule has 1 spiro atoms. The van der Waals surface area contributed by atoms with Crippen LogP contribution in [0.4, 0.5) is 22.9 Å². The van der Waals surface area contributed by atoms with Crippen LogP contribution >= 0.6 is 19.6 Å². The van der Waals surface area contributed by atoms with Crippen LogP contribution in [0.25, 0.3) is 11.2 Å². The molecule has 20 heteroatoms. The molecule has 2 aromatic heterocycles. The SMILES string of the molecule is CN(C)c1ccc2c(c1)Oc1cc(N(C)C)ccc1C21OC(=O)c2cc(NC(=O)CSc3nc4c(N)ncnc4n3[C@@H]3O[C@@H]4COP(=O)(O)O[C@H]4[C@H]3O)ccc21. The number of ether oxygens (including phenoxy) is 3. The van der Waals surface area contributed by atoms with Crippen LogP contribution in [0.15, 0.2) is 66.1 Å². The number of phosphoric ester groups is 1. The van der Waals surface area contributed by atoms with Crippen LogP contribution in [0.5, 0.6) is 11.5 Å². The maximum Gasteiger partial charge on any atom is 0.472 e. The molecule has 0 bridgehead atoms. The van der Waals surface area contributed by atoms with Gasteiger partial charge in [0, 0.05) is 74.1 Å². The van der Waals surface area contributed by atoms with Crippen LogP contribution < -0.4 is 25.6 Å². The zero-order chi connectivity index (χ0) is 39.3. The Bertz CT molecular complexity index is 2460. The van der Waals surface area contributed by atoms with Crippen molar-refractivity contribution in [3.05, 3.63) is 83.2 Å². The van der Waals surface area contributed by atoms with Gasteiger partial charge in [0.2, 0.25) is 5.91 Å². The highest BCUT2D eigenvalue weighted by Gasteiger charge is 2.55. The van der Waals surface area contributed by atoms with Gasteiger partial charge in [-0.25, -0.2) is 24.3 Å². The lowest BCUT2D eigenvalue weighted by Gasteiger charge is -2.37. The molecule has 5 atom stereocenters. The molecular weight excluding hydrogens is 767 g/mol. The maximum absolute atomic E-state index is 13.8. The van der Waals surface area contributed by atoms with E-state index in [-0.39, 0.29) is 40.1 Å². The number of carbonyl (C=O) groups is 2. The number of aromatic nitrogens is 4. The first kappa shape index (κ1) is 36.4. The quantitative estimate of drug-likeness (QED) is 0.105. The van der Waals surface area contributed by atoms with E-state index in [0.29, 0.717) is 33.9 Å². The van der Waals surface area contributed by atoms with E-state index in [1.54, 1.807) is 18.2 Å². The molecule has 5 N–H and O–H groups in total. The predicted molar refractivity (Wildman–Crippen MR) is 203 cm³/mol. The highest BCUT2D eigenvalue weighted by Crippen LogP contribution is 2.57. The number of aliphatic hydroxyl groups excluding tert-OH is 1. The Kier molecular flexibility index (Phi) is 8.55. The smallest absolute Gasteiger partial charge is 0.456 e. The van der Waals surface area contributed by atoms with Gasteiger partial charge in [-0.1, -0.05) is 17.8 Å². The summed E-state index contributed by atoms with van der Waals surface area (Å²) in [5.41, 5.74) is 9.59. The molecule has 9 rings (SSSR count). The molecule has 1 unspecified atom stereocenters. The van der Waals surface area contributed by atoms with Crippen molar-refractivity contribution < 1.29 is 47.4 Å². The Morgan fingerprint density at radius 3 is 2.39 bits per heavy atom. The number of nitrogens with one attached hydrogen (secondary N) is 1. The summed E-state index contributed by atoms with van der Waals surface area (Å²) in [5, 5.41) is 14.2. The average Bonchev–Trinajstić information content (AvgIpc) is 3.79. The van der Waals surface area contributed by atoms with Crippen LogP contribution in [-0.2, 0) is 33.5 Å². The summed E-state index contributed by atoms with van der Waals surface area (Å²) in [6, 6.07) is 16.6. The number of esters is 1. The van der Waals surface area contributed by atoms with Gasteiger partial charge in [0.15, 0.2) is 34.0 Å². The van der Waals surface area contributed by atoms with Gasteiger partial charge in [0.1, 0.15) is 36.1 Å². The summed E-state index contributed by atoms with van der Waals surface area (Å²) < 4.78 is 42.4. The number of nitrogen functional groups attached to an aromatic ring is 1. The number of carbonyl (C=O) groups excluding carboxylic acids is 2. The van der Waals surface area contributed by atoms with Gasteiger partial charge in [-0.15, -0.1) is 0 Å². The molecular formula is C36H35N8O10PS. The fourth-order valence-electron chi connectivity index (χ4n) is 7.45. The lowest BCUT2D eigenvalue weighted by Crippen LogP contribution is -2.39. The molecule has 56 heavy (non-hydrogen) atoms. The first-order chi connectivity index (χ1) is 26.7. The third kappa shape index (κ3) is 5.77. The fourth-order valence-corrected chi connectivity index (χ4v) is 9.24. The number of aliphatic hydroxyl groups is 1. The van der Waals surface area contributed by atoms with Crippen LogP contribution in [0.1, 0.15) is 33.3 Å². The Morgan fingerprint density at radius 2 is 1.71 bits per heavy atom. The van der Waals surface area contributed by atoms with E-state index in [1.807, 2.05) is 74.4 Å². The number of thioether (sulfide) groups is 1. The molecule has 2 saturated heterocycles. The van der Waals surface area contributed by atoms with Gasteiger partial charge >= 0.3 is 13.8 Å². The molecule has 18 nitrogen and oxygen atoms in total. The Morgan fingerprint density at radius 1 is 1.04 bits per heavy atom. The maximum atomic E-state index is 13.8. The molecule has 3 aromatic carbocycles. The lowest BCUT2D eigenvalue weighted by atomic mass is 9.77. The van der Waals surface area contributed by atoms with E-state index >= 15 is 0 Å². The van der Waals surface area contributed by atoms with Crippen LogP contribution in [0, 0.1) is 0 Å². The molecule has 4 aliphatic rings. The van der Waals surface area contributed by atoms with E-state index in [1.165, 1.54) is 10.9 Å². The van der Waals surface area contributed by atoms with Gasteiger partial charge in [-0.2, -0.15) is 0 Å². The van der Waals surface area contributed by atoms with Crippen LogP contribution in [0.3, 0.4) is 0 Å². The minimum atomic E-state index is -4.39. The molecule has 290 valence electrons. The number of hydrogen-bond donors (Lipinski definition) is 4. The number of nitrogens with zero attached hydrogens (tertiary/aromatic N) is 6. The fraction of sp³-hybridized carbons (Fsp3) is 0.306. The minimum Gasteiger partial charge on any atom is -0.456 e. The van der Waals surface area contributed by atoms with Crippen molar-refractivity contribution in [1.82, 2.24) is 19.5 Å². The number of rotatable bonds is 7.